The van der Waals surface area contributed by atoms with E-state index in [4.69, 9.17) is 9.98 Å². The number of aliphatic imine (C=N–C) groups is 2. The van der Waals surface area contributed by atoms with E-state index in [0.29, 0.717) is 0 Å². The molecule has 0 aromatic heterocycles. The van der Waals surface area contributed by atoms with Gasteiger partial charge < -0.3 is 7.43 Å². The predicted octanol–water partition coefficient (Wildman–Crippen LogP) is 8.62. The molecule has 0 radical (unpaired) electrons. The Bertz CT molecular complexity index is 1240. The van der Waals surface area contributed by atoms with Crippen molar-refractivity contribution in [2.75, 3.05) is 0 Å². The van der Waals surface area contributed by atoms with Crippen molar-refractivity contribution in [3.05, 3.63) is 114 Å². The van der Waals surface area contributed by atoms with Gasteiger partial charge >= 0.3 is 27.9 Å². The summed E-state index contributed by atoms with van der Waals surface area (Å²) in [4.78, 5) is 10.4. The van der Waals surface area contributed by atoms with E-state index < -0.39 is 0 Å². The molecule has 0 atom stereocenters. The molecule has 1 aliphatic rings. The van der Waals surface area contributed by atoms with Crippen LogP contribution in [0, 0.1) is 35.1 Å². The van der Waals surface area contributed by atoms with Crippen LogP contribution in [0.15, 0.2) is 82.8 Å². The molecule has 2 nitrogen and oxygen atoms in total. The van der Waals surface area contributed by atoms with E-state index in [1.165, 1.54) is 33.0 Å². The van der Waals surface area contributed by atoms with Crippen molar-refractivity contribution >= 4 is 47.8 Å². The van der Waals surface area contributed by atoms with Crippen molar-refractivity contribution in [1.82, 2.24) is 0 Å². The number of hydrogen-bond donors (Lipinski definition) is 0. The number of aryl methyl sites for hydroxylation is 4. The Hall–Kier alpha value is -2.55. The molecule has 0 aliphatic heterocycles. The average molecular weight is 542 g/mol. The average Bonchev–Trinajstić information content (AvgIpc) is 3.09. The van der Waals surface area contributed by atoms with Gasteiger partial charge in [-0.1, -0.05) is 72.8 Å². The standard InChI is InChI=1S/C28H24N2.CH3.BrH.Ni/c1-17-9-5-10-18(2)25(17)29-27-22-15-7-13-21-14-8-16-23(24(21)22)28(27)30-26-19(3)11-6-12-20(26)4;;;/h5-16H,1-4H3;1H3;1H;/q;-1;;+1/p-1. The predicted molar refractivity (Wildman–Crippen MR) is 144 cm³/mol. The summed E-state index contributed by atoms with van der Waals surface area (Å²) in [5, 5.41) is 2.47. The number of benzene rings is 4. The molecule has 33 heavy (non-hydrogen) atoms. The molecule has 0 spiro atoms. The van der Waals surface area contributed by atoms with Gasteiger partial charge in [0.15, 0.2) is 0 Å². The minimum atomic E-state index is 0. The molecule has 171 valence electrons. The topological polar surface area (TPSA) is 24.7 Å². The SMILES string of the molecule is Cc1cccc(C)c1N=C1C(=Nc2c(C)cccc2C)c2cccc3cccc1c23.[CH3-].[Ni][Br]. The molecule has 0 saturated carbocycles. The molecule has 5 rings (SSSR count). The Kier molecular flexibility index (Phi) is 8.05. The molecule has 4 aromatic carbocycles. The van der Waals surface area contributed by atoms with E-state index >= 15 is 0 Å². The van der Waals surface area contributed by atoms with Crippen molar-refractivity contribution in [2.24, 2.45) is 9.98 Å². The van der Waals surface area contributed by atoms with E-state index in [0.717, 1.165) is 33.9 Å². The first-order valence-corrected chi connectivity index (χ1v) is 12.9. The third-order valence-corrected chi connectivity index (χ3v) is 5.97. The second-order valence-electron chi connectivity index (χ2n) is 8.11. The zero-order chi connectivity index (χ0) is 22.8. The first kappa shape index (κ1) is 25.1. The van der Waals surface area contributed by atoms with Gasteiger partial charge in [0.2, 0.25) is 0 Å². The number of rotatable bonds is 2. The van der Waals surface area contributed by atoms with Gasteiger partial charge in [-0.25, -0.2) is 9.98 Å². The molecule has 0 saturated heterocycles. The van der Waals surface area contributed by atoms with Crippen LogP contribution < -0.4 is 0 Å². The number of halogens is 1. The summed E-state index contributed by atoms with van der Waals surface area (Å²) in [7, 11) is 0. The van der Waals surface area contributed by atoms with Crippen LogP contribution in [0.1, 0.15) is 33.4 Å². The first-order chi connectivity index (χ1) is 15.5. The van der Waals surface area contributed by atoms with Crippen molar-refractivity contribution < 1.29 is 13.7 Å². The molecule has 0 bridgehead atoms. The normalized spacial score (nSPS) is 14.3. The van der Waals surface area contributed by atoms with Crippen molar-refractivity contribution in [1.29, 1.82) is 0 Å². The van der Waals surface area contributed by atoms with Gasteiger partial charge in [-0.2, -0.15) is 0 Å². The quantitative estimate of drug-likeness (QED) is 0.179. The van der Waals surface area contributed by atoms with Crippen LogP contribution in [0.2, 0.25) is 0 Å². The van der Waals surface area contributed by atoms with E-state index in [9.17, 15) is 0 Å². The summed E-state index contributed by atoms with van der Waals surface area (Å²) < 4.78 is 0. The maximum atomic E-state index is 5.22. The van der Waals surface area contributed by atoms with E-state index in [1.807, 2.05) is 0 Å². The van der Waals surface area contributed by atoms with Crippen LogP contribution >= 0.6 is 14.2 Å². The van der Waals surface area contributed by atoms with Gasteiger partial charge in [0.25, 0.3) is 0 Å². The van der Waals surface area contributed by atoms with Gasteiger partial charge in [-0.05, 0) is 55.3 Å². The Balaban J connectivity index is 0.000000994. The van der Waals surface area contributed by atoms with Crippen molar-refractivity contribution in [2.45, 2.75) is 27.7 Å². The molecule has 0 unspecified atom stereocenters. The molecular weight excluding hydrogens is 515 g/mol. The van der Waals surface area contributed by atoms with Crippen LogP contribution in [0.5, 0.6) is 0 Å². The van der Waals surface area contributed by atoms with Crippen molar-refractivity contribution in [3.8, 4) is 0 Å². The zero-order valence-corrected chi connectivity index (χ0v) is 22.1. The molecule has 4 heteroatoms. The van der Waals surface area contributed by atoms with Crippen LogP contribution in [-0.2, 0) is 13.7 Å². The molecule has 4 aromatic rings. The number of para-hydroxylation sites is 2. The van der Waals surface area contributed by atoms with Gasteiger partial charge in [0.1, 0.15) is 0 Å². The number of nitrogens with zero attached hydrogens (tertiary/aromatic N) is 2. The van der Waals surface area contributed by atoms with Crippen LogP contribution in [0.3, 0.4) is 0 Å². The summed E-state index contributed by atoms with van der Waals surface area (Å²) in [6.07, 6.45) is 0. The molecule has 1 aliphatic carbocycles. The van der Waals surface area contributed by atoms with Crippen LogP contribution in [-0.4, -0.2) is 11.4 Å². The Morgan fingerprint density at radius 1 is 0.545 bits per heavy atom. The summed E-state index contributed by atoms with van der Waals surface area (Å²) in [5.41, 5.74) is 11.0. The maximum absolute atomic E-state index is 5.22. The van der Waals surface area contributed by atoms with E-state index in [-0.39, 0.29) is 7.43 Å². The summed E-state index contributed by atoms with van der Waals surface area (Å²) >= 11 is 6.25. The van der Waals surface area contributed by atoms with Gasteiger partial charge in [0.05, 0.1) is 22.8 Å². The second-order valence-corrected chi connectivity index (χ2v) is 8.11. The minimum absolute atomic E-state index is 0. The fourth-order valence-electron chi connectivity index (χ4n) is 4.40. The molecule has 0 heterocycles. The Morgan fingerprint density at radius 3 is 1.24 bits per heavy atom. The monoisotopic (exact) mass is 540 g/mol. The third kappa shape index (κ3) is 4.60. The summed E-state index contributed by atoms with van der Waals surface area (Å²) in [6, 6.07) is 25.6. The Labute approximate surface area is 212 Å². The third-order valence-electron chi connectivity index (χ3n) is 5.97. The van der Waals surface area contributed by atoms with E-state index in [2.05, 4.69) is 128 Å². The first-order valence-electron chi connectivity index (χ1n) is 10.5. The van der Waals surface area contributed by atoms with Crippen molar-refractivity contribution in [3.63, 3.8) is 0 Å². The molecule has 0 fully saturated rings. The summed E-state index contributed by atoms with van der Waals surface area (Å²) in [6.45, 7) is 8.49. The van der Waals surface area contributed by atoms with Crippen LogP contribution in [0.25, 0.3) is 10.8 Å². The van der Waals surface area contributed by atoms with Crippen LogP contribution in [0.4, 0.5) is 11.4 Å². The number of hydrogen-bond acceptors (Lipinski definition) is 2. The van der Waals surface area contributed by atoms with Gasteiger partial charge in [0, 0.05) is 16.5 Å². The fourth-order valence-corrected chi connectivity index (χ4v) is 4.40. The molecule has 0 amide bonds. The molecular formula is C29H27BrN2Ni-. The Morgan fingerprint density at radius 2 is 0.879 bits per heavy atom. The zero-order valence-electron chi connectivity index (χ0n) is 19.5. The van der Waals surface area contributed by atoms with Gasteiger partial charge in [-0.3, -0.25) is 0 Å². The molecule has 0 N–H and O–H groups in total. The van der Waals surface area contributed by atoms with E-state index in [1.54, 1.807) is 0 Å². The van der Waals surface area contributed by atoms with Gasteiger partial charge in [-0.15, -0.1) is 0 Å². The summed E-state index contributed by atoms with van der Waals surface area (Å²) in [5.74, 6) is 0. The second kappa shape index (κ2) is 10.6. The fraction of sp³-hybridized carbons (Fsp3) is 0.138.